The van der Waals surface area contributed by atoms with Crippen molar-refractivity contribution in [3.63, 3.8) is 0 Å². The van der Waals surface area contributed by atoms with E-state index in [0.717, 1.165) is 12.0 Å². The Balaban J connectivity index is 2.41. The topological polar surface area (TPSA) is 63.3 Å². The third-order valence-electron chi connectivity index (χ3n) is 2.79. The standard InChI is InChI=1S/C14H15NO3/c1-14(2,3)10-6-4-9(5-7-10)11-12(13(16)17)18-8-15-11/h4-8H,1-3H3,(H,16,17). The van der Waals surface area contributed by atoms with Crippen LogP contribution < -0.4 is 0 Å². The summed E-state index contributed by atoms with van der Waals surface area (Å²) < 4.78 is 4.87. The fraction of sp³-hybridized carbons (Fsp3) is 0.286. The number of oxazole rings is 1. The van der Waals surface area contributed by atoms with Gasteiger partial charge in [-0.05, 0) is 11.0 Å². The van der Waals surface area contributed by atoms with Crippen molar-refractivity contribution in [2.45, 2.75) is 26.2 Å². The van der Waals surface area contributed by atoms with Crippen LogP contribution in [0.15, 0.2) is 35.1 Å². The first kappa shape index (κ1) is 12.4. The zero-order valence-corrected chi connectivity index (χ0v) is 10.6. The van der Waals surface area contributed by atoms with Gasteiger partial charge in [0.1, 0.15) is 5.69 Å². The van der Waals surface area contributed by atoms with Crippen molar-refractivity contribution < 1.29 is 14.3 Å². The monoisotopic (exact) mass is 245 g/mol. The molecule has 0 fully saturated rings. The van der Waals surface area contributed by atoms with Crippen LogP contribution in [-0.2, 0) is 5.41 Å². The predicted octanol–water partition coefficient (Wildman–Crippen LogP) is 3.34. The van der Waals surface area contributed by atoms with E-state index in [9.17, 15) is 4.79 Å². The Hall–Kier alpha value is -2.10. The van der Waals surface area contributed by atoms with Crippen LogP contribution in [0.2, 0.25) is 0 Å². The highest BCUT2D eigenvalue weighted by Gasteiger charge is 2.18. The number of carbonyl (C=O) groups is 1. The molecule has 94 valence electrons. The third kappa shape index (κ3) is 2.27. The zero-order chi connectivity index (χ0) is 13.3. The lowest BCUT2D eigenvalue weighted by Crippen LogP contribution is -2.10. The van der Waals surface area contributed by atoms with Crippen LogP contribution in [0, 0.1) is 0 Å². The fourth-order valence-corrected chi connectivity index (χ4v) is 1.73. The molecular formula is C14H15NO3. The summed E-state index contributed by atoms with van der Waals surface area (Å²) in [4.78, 5) is 14.9. The Morgan fingerprint density at radius 3 is 2.33 bits per heavy atom. The zero-order valence-electron chi connectivity index (χ0n) is 10.6. The molecule has 0 unspecified atom stereocenters. The van der Waals surface area contributed by atoms with E-state index in [1.807, 2.05) is 24.3 Å². The van der Waals surface area contributed by atoms with Gasteiger partial charge in [0.05, 0.1) is 0 Å². The molecule has 0 aliphatic rings. The molecular weight excluding hydrogens is 230 g/mol. The molecule has 1 aromatic heterocycles. The Morgan fingerprint density at radius 1 is 1.22 bits per heavy atom. The molecule has 0 spiro atoms. The molecule has 4 nitrogen and oxygen atoms in total. The lowest BCUT2D eigenvalue weighted by atomic mass is 9.86. The van der Waals surface area contributed by atoms with E-state index in [4.69, 9.17) is 9.52 Å². The van der Waals surface area contributed by atoms with Gasteiger partial charge in [-0.1, -0.05) is 45.0 Å². The summed E-state index contributed by atoms with van der Waals surface area (Å²) in [6.45, 7) is 6.38. The number of rotatable bonds is 2. The fourth-order valence-electron chi connectivity index (χ4n) is 1.73. The molecule has 0 radical (unpaired) electrons. The van der Waals surface area contributed by atoms with Gasteiger partial charge in [0.25, 0.3) is 0 Å². The average Bonchev–Trinajstić information content (AvgIpc) is 2.77. The van der Waals surface area contributed by atoms with Crippen molar-refractivity contribution in [3.8, 4) is 11.3 Å². The molecule has 0 aliphatic carbocycles. The number of carboxylic acids is 1. The summed E-state index contributed by atoms with van der Waals surface area (Å²) in [6, 6.07) is 7.70. The number of hydrogen-bond donors (Lipinski definition) is 1. The quantitative estimate of drug-likeness (QED) is 0.881. The molecule has 0 bridgehead atoms. The van der Waals surface area contributed by atoms with E-state index in [0.29, 0.717) is 5.69 Å². The highest BCUT2D eigenvalue weighted by Crippen LogP contribution is 2.27. The van der Waals surface area contributed by atoms with Gasteiger partial charge in [0.2, 0.25) is 5.76 Å². The van der Waals surface area contributed by atoms with Gasteiger partial charge < -0.3 is 9.52 Å². The van der Waals surface area contributed by atoms with Crippen LogP contribution >= 0.6 is 0 Å². The smallest absolute Gasteiger partial charge is 0.374 e. The molecule has 0 atom stereocenters. The molecule has 0 saturated heterocycles. The van der Waals surface area contributed by atoms with Gasteiger partial charge in [-0.3, -0.25) is 0 Å². The van der Waals surface area contributed by atoms with Crippen molar-refractivity contribution in [1.82, 2.24) is 4.98 Å². The van der Waals surface area contributed by atoms with E-state index in [-0.39, 0.29) is 11.2 Å². The summed E-state index contributed by atoms with van der Waals surface area (Å²) >= 11 is 0. The number of hydrogen-bond acceptors (Lipinski definition) is 3. The minimum absolute atomic E-state index is 0.0674. The lowest BCUT2D eigenvalue weighted by Gasteiger charge is -2.18. The van der Waals surface area contributed by atoms with Gasteiger partial charge in [-0.25, -0.2) is 9.78 Å². The maximum atomic E-state index is 10.9. The summed E-state index contributed by atoms with van der Waals surface area (Å²) in [5.41, 5.74) is 2.36. The molecule has 0 amide bonds. The molecule has 1 N–H and O–H groups in total. The molecule has 0 saturated carbocycles. The van der Waals surface area contributed by atoms with Crippen molar-refractivity contribution >= 4 is 5.97 Å². The molecule has 18 heavy (non-hydrogen) atoms. The number of carboxylic acid groups (broad SMARTS) is 1. The van der Waals surface area contributed by atoms with Crippen molar-refractivity contribution in [2.24, 2.45) is 0 Å². The molecule has 2 rings (SSSR count). The second kappa shape index (κ2) is 4.29. The van der Waals surface area contributed by atoms with Crippen molar-refractivity contribution in [1.29, 1.82) is 0 Å². The molecule has 1 heterocycles. The summed E-state index contributed by atoms with van der Waals surface area (Å²) in [5.74, 6) is -1.24. The minimum atomic E-state index is -1.11. The van der Waals surface area contributed by atoms with Gasteiger partial charge in [-0.2, -0.15) is 0 Å². The highest BCUT2D eigenvalue weighted by atomic mass is 16.4. The first-order chi connectivity index (χ1) is 8.39. The Bertz CT molecular complexity index is 561. The minimum Gasteiger partial charge on any atom is -0.475 e. The number of aromatic nitrogens is 1. The molecule has 2 aromatic rings. The highest BCUT2D eigenvalue weighted by molar-refractivity contribution is 5.91. The van der Waals surface area contributed by atoms with Crippen molar-refractivity contribution in [2.75, 3.05) is 0 Å². The van der Waals surface area contributed by atoms with E-state index >= 15 is 0 Å². The van der Waals surface area contributed by atoms with Crippen LogP contribution in [0.25, 0.3) is 11.3 Å². The average molecular weight is 245 g/mol. The normalized spacial score (nSPS) is 11.5. The van der Waals surface area contributed by atoms with Crippen LogP contribution in [0.3, 0.4) is 0 Å². The summed E-state index contributed by atoms with van der Waals surface area (Å²) in [6.07, 6.45) is 1.15. The lowest BCUT2D eigenvalue weighted by molar-refractivity contribution is 0.0663. The van der Waals surface area contributed by atoms with E-state index < -0.39 is 5.97 Å². The first-order valence-electron chi connectivity index (χ1n) is 5.67. The SMILES string of the molecule is CC(C)(C)c1ccc(-c2ncoc2C(=O)O)cc1. The first-order valence-corrected chi connectivity index (χ1v) is 5.67. The largest absolute Gasteiger partial charge is 0.475 e. The van der Waals surface area contributed by atoms with Gasteiger partial charge in [0, 0.05) is 5.56 Å². The maximum Gasteiger partial charge on any atom is 0.374 e. The van der Waals surface area contributed by atoms with Gasteiger partial charge >= 0.3 is 5.97 Å². The Kier molecular flexibility index (Phi) is 2.95. The van der Waals surface area contributed by atoms with Crippen molar-refractivity contribution in [3.05, 3.63) is 42.0 Å². The second-order valence-electron chi connectivity index (χ2n) is 5.16. The van der Waals surface area contributed by atoms with Crippen LogP contribution in [0.4, 0.5) is 0 Å². The van der Waals surface area contributed by atoms with Crippen LogP contribution in [0.1, 0.15) is 36.9 Å². The Morgan fingerprint density at radius 2 is 1.83 bits per heavy atom. The number of nitrogens with zero attached hydrogens (tertiary/aromatic N) is 1. The molecule has 0 aliphatic heterocycles. The van der Waals surface area contributed by atoms with E-state index in [1.165, 1.54) is 5.56 Å². The number of aromatic carboxylic acids is 1. The summed E-state index contributed by atoms with van der Waals surface area (Å²) in [7, 11) is 0. The molecule has 4 heteroatoms. The maximum absolute atomic E-state index is 10.9. The second-order valence-corrected chi connectivity index (χ2v) is 5.16. The number of benzene rings is 1. The van der Waals surface area contributed by atoms with Crippen LogP contribution in [0.5, 0.6) is 0 Å². The van der Waals surface area contributed by atoms with Crippen LogP contribution in [-0.4, -0.2) is 16.1 Å². The van der Waals surface area contributed by atoms with Gasteiger partial charge in [0.15, 0.2) is 6.39 Å². The Labute approximate surface area is 105 Å². The predicted molar refractivity (Wildman–Crippen MR) is 67.6 cm³/mol. The van der Waals surface area contributed by atoms with E-state index in [2.05, 4.69) is 25.8 Å². The third-order valence-corrected chi connectivity index (χ3v) is 2.79. The summed E-state index contributed by atoms with van der Waals surface area (Å²) in [5, 5.41) is 8.97. The van der Waals surface area contributed by atoms with E-state index in [1.54, 1.807) is 0 Å². The van der Waals surface area contributed by atoms with Gasteiger partial charge in [-0.15, -0.1) is 0 Å². The molecule has 1 aromatic carbocycles.